The lowest BCUT2D eigenvalue weighted by molar-refractivity contribution is -0.137. The van der Waals surface area contributed by atoms with Gasteiger partial charge in [-0.3, -0.25) is 0 Å². The molecule has 1 aromatic carbocycles. The fourth-order valence-corrected chi connectivity index (χ4v) is 1.97. The quantitative estimate of drug-likeness (QED) is 0.862. The number of halogens is 4. The molecule has 0 atom stereocenters. The molecule has 20 heavy (non-hydrogen) atoms. The molecule has 2 N–H and O–H groups in total. The Bertz CT molecular complexity index is 660. The highest BCUT2D eigenvalue weighted by molar-refractivity contribution is 7.80. The van der Waals surface area contributed by atoms with Gasteiger partial charge in [0.1, 0.15) is 4.99 Å². The van der Waals surface area contributed by atoms with Crippen LogP contribution in [0.15, 0.2) is 24.4 Å². The van der Waals surface area contributed by atoms with Crippen molar-refractivity contribution in [3.8, 4) is 5.69 Å². The second-order valence-corrected chi connectivity index (χ2v) is 4.95. The van der Waals surface area contributed by atoms with Gasteiger partial charge in [-0.15, -0.1) is 0 Å². The number of aryl methyl sites for hydroxylation is 1. The first kappa shape index (κ1) is 14.8. The van der Waals surface area contributed by atoms with Crippen LogP contribution in [0.2, 0.25) is 5.02 Å². The van der Waals surface area contributed by atoms with Crippen molar-refractivity contribution in [3.63, 3.8) is 0 Å². The Balaban J connectivity index is 2.62. The first-order valence-corrected chi connectivity index (χ1v) is 6.22. The van der Waals surface area contributed by atoms with E-state index in [1.54, 1.807) is 6.92 Å². The van der Waals surface area contributed by atoms with Crippen LogP contribution < -0.4 is 5.73 Å². The number of rotatable bonds is 2. The van der Waals surface area contributed by atoms with Gasteiger partial charge in [0, 0.05) is 11.8 Å². The normalized spacial score (nSPS) is 11.7. The highest BCUT2D eigenvalue weighted by atomic mass is 35.5. The van der Waals surface area contributed by atoms with E-state index in [9.17, 15) is 13.2 Å². The third-order valence-electron chi connectivity index (χ3n) is 2.68. The molecule has 1 heterocycles. The smallest absolute Gasteiger partial charge is 0.389 e. The Hall–Kier alpha value is -1.60. The van der Waals surface area contributed by atoms with E-state index in [1.165, 1.54) is 16.9 Å². The van der Waals surface area contributed by atoms with Crippen LogP contribution in [0, 0.1) is 6.92 Å². The molecule has 106 valence electrons. The minimum Gasteiger partial charge on any atom is -0.389 e. The van der Waals surface area contributed by atoms with Gasteiger partial charge in [0.2, 0.25) is 0 Å². The minimum atomic E-state index is -4.46. The van der Waals surface area contributed by atoms with E-state index < -0.39 is 11.7 Å². The number of hydrogen-bond donors (Lipinski definition) is 1. The van der Waals surface area contributed by atoms with E-state index in [2.05, 4.69) is 5.10 Å². The maximum atomic E-state index is 12.7. The summed E-state index contributed by atoms with van der Waals surface area (Å²) in [5, 5.41) is 4.51. The molecule has 3 nitrogen and oxygen atoms in total. The lowest BCUT2D eigenvalue weighted by Crippen LogP contribution is -2.16. The fourth-order valence-electron chi connectivity index (χ4n) is 1.67. The Morgan fingerprint density at radius 2 is 2.05 bits per heavy atom. The predicted octanol–water partition coefficient (Wildman–Crippen LogP) is 3.49. The third-order valence-corrected chi connectivity index (χ3v) is 3.27. The molecule has 0 amide bonds. The molecule has 0 spiro atoms. The van der Waals surface area contributed by atoms with E-state index in [0.29, 0.717) is 16.4 Å². The molecule has 0 aliphatic heterocycles. The number of thiocarbonyl (C=S) groups is 1. The highest BCUT2D eigenvalue weighted by Crippen LogP contribution is 2.31. The van der Waals surface area contributed by atoms with Gasteiger partial charge >= 0.3 is 6.18 Å². The Morgan fingerprint density at radius 3 is 2.50 bits per heavy atom. The lowest BCUT2D eigenvalue weighted by Gasteiger charge is -2.12. The molecule has 0 aliphatic carbocycles. The van der Waals surface area contributed by atoms with Crippen molar-refractivity contribution >= 4 is 28.8 Å². The van der Waals surface area contributed by atoms with Crippen LogP contribution in [-0.2, 0) is 6.18 Å². The molecule has 0 saturated carbocycles. The van der Waals surface area contributed by atoms with E-state index in [4.69, 9.17) is 29.6 Å². The number of nitrogens with zero attached hydrogens (tertiary/aromatic N) is 2. The molecule has 2 rings (SSSR count). The zero-order valence-corrected chi connectivity index (χ0v) is 11.8. The molecule has 1 aromatic heterocycles. The van der Waals surface area contributed by atoms with Crippen molar-refractivity contribution < 1.29 is 13.2 Å². The molecule has 0 unspecified atom stereocenters. The van der Waals surface area contributed by atoms with Crippen LogP contribution in [0.25, 0.3) is 5.69 Å². The summed E-state index contributed by atoms with van der Waals surface area (Å²) in [6.45, 7) is 1.68. The van der Waals surface area contributed by atoms with Gasteiger partial charge in [-0.25, -0.2) is 4.68 Å². The first-order chi connectivity index (χ1) is 9.20. The van der Waals surface area contributed by atoms with Crippen LogP contribution in [0.3, 0.4) is 0 Å². The Kier molecular flexibility index (Phi) is 3.75. The number of nitrogens with two attached hydrogens (primary N) is 1. The lowest BCUT2D eigenvalue weighted by atomic mass is 10.1. The van der Waals surface area contributed by atoms with Gasteiger partial charge in [-0.1, -0.05) is 23.8 Å². The summed E-state index contributed by atoms with van der Waals surface area (Å²) in [7, 11) is 0. The van der Waals surface area contributed by atoms with Gasteiger partial charge in [-0.2, -0.15) is 18.3 Å². The molecular formula is C12H9ClF3N3S. The average molecular weight is 320 g/mol. The molecule has 0 fully saturated rings. The van der Waals surface area contributed by atoms with Crippen molar-refractivity contribution in [2.45, 2.75) is 13.1 Å². The Labute approximate surface area is 123 Å². The number of aromatic nitrogens is 2. The van der Waals surface area contributed by atoms with Crippen molar-refractivity contribution in [3.05, 3.63) is 46.2 Å². The summed E-state index contributed by atoms with van der Waals surface area (Å²) < 4.78 is 39.5. The molecule has 0 aliphatic rings. The molecule has 8 heteroatoms. The molecule has 0 saturated heterocycles. The largest absolute Gasteiger partial charge is 0.416 e. The van der Waals surface area contributed by atoms with E-state index in [1.807, 2.05) is 0 Å². The van der Waals surface area contributed by atoms with Crippen LogP contribution in [0.5, 0.6) is 0 Å². The zero-order valence-electron chi connectivity index (χ0n) is 10.2. The van der Waals surface area contributed by atoms with Gasteiger partial charge in [-0.05, 0) is 25.1 Å². The SMILES string of the molecule is Cc1nn(-c2ccc(C(F)(F)F)cc2C(N)=S)cc1Cl. The maximum absolute atomic E-state index is 12.7. The fraction of sp³-hybridized carbons (Fsp3) is 0.167. The highest BCUT2D eigenvalue weighted by Gasteiger charge is 2.31. The monoisotopic (exact) mass is 319 g/mol. The van der Waals surface area contributed by atoms with Crippen LogP contribution in [0.1, 0.15) is 16.8 Å². The summed E-state index contributed by atoms with van der Waals surface area (Å²) in [6.07, 6.45) is -2.98. The van der Waals surface area contributed by atoms with Gasteiger partial charge < -0.3 is 5.73 Å². The average Bonchev–Trinajstić information content (AvgIpc) is 2.67. The van der Waals surface area contributed by atoms with Crippen molar-refractivity contribution in [1.29, 1.82) is 0 Å². The molecule has 0 bridgehead atoms. The van der Waals surface area contributed by atoms with Crippen LogP contribution in [0.4, 0.5) is 13.2 Å². The van der Waals surface area contributed by atoms with E-state index >= 15 is 0 Å². The van der Waals surface area contributed by atoms with Crippen LogP contribution >= 0.6 is 23.8 Å². The second-order valence-electron chi connectivity index (χ2n) is 4.10. The van der Waals surface area contributed by atoms with E-state index in [-0.39, 0.29) is 10.6 Å². The third kappa shape index (κ3) is 2.78. The van der Waals surface area contributed by atoms with Crippen molar-refractivity contribution in [2.24, 2.45) is 5.73 Å². The van der Waals surface area contributed by atoms with Gasteiger partial charge in [0.25, 0.3) is 0 Å². The number of benzene rings is 1. The summed E-state index contributed by atoms with van der Waals surface area (Å²) >= 11 is 10.7. The first-order valence-electron chi connectivity index (χ1n) is 5.43. The minimum absolute atomic E-state index is 0.0917. The Morgan fingerprint density at radius 1 is 1.40 bits per heavy atom. The summed E-state index contributed by atoms with van der Waals surface area (Å²) in [5.41, 5.74) is 5.67. The number of alkyl halides is 3. The maximum Gasteiger partial charge on any atom is 0.416 e. The second kappa shape index (κ2) is 5.06. The molecule has 2 aromatic rings. The van der Waals surface area contributed by atoms with Crippen LogP contribution in [-0.4, -0.2) is 14.8 Å². The zero-order chi connectivity index (χ0) is 15.1. The van der Waals surface area contributed by atoms with Crippen molar-refractivity contribution in [1.82, 2.24) is 9.78 Å². The van der Waals surface area contributed by atoms with E-state index in [0.717, 1.165) is 12.1 Å². The van der Waals surface area contributed by atoms with Gasteiger partial charge in [0.15, 0.2) is 0 Å². The standard InChI is InChI=1S/C12H9ClF3N3S/c1-6-9(13)5-19(18-6)10-3-2-7(12(14,15)16)4-8(10)11(17)20/h2-5H,1H3,(H2,17,20). The van der Waals surface area contributed by atoms with Gasteiger partial charge in [0.05, 0.1) is 22.0 Å². The summed E-state index contributed by atoms with van der Waals surface area (Å²) in [6, 6.07) is 3.12. The summed E-state index contributed by atoms with van der Waals surface area (Å²) in [5.74, 6) is 0. The molecule has 0 radical (unpaired) electrons. The molecular weight excluding hydrogens is 311 g/mol. The number of hydrogen-bond acceptors (Lipinski definition) is 2. The summed E-state index contributed by atoms with van der Waals surface area (Å²) in [4.78, 5) is -0.143. The predicted molar refractivity (Wildman–Crippen MR) is 74.2 cm³/mol. The van der Waals surface area contributed by atoms with Crippen molar-refractivity contribution in [2.75, 3.05) is 0 Å². The topological polar surface area (TPSA) is 43.8 Å².